The zero-order valence-electron chi connectivity index (χ0n) is 10.1. The van der Waals surface area contributed by atoms with Gasteiger partial charge < -0.3 is 5.73 Å². The molecule has 1 aromatic rings. The summed E-state index contributed by atoms with van der Waals surface area (Å²) in [6.07, 6.45) is 4.10. The second-order valence-electron chi connectivity index (χ2n) is 5.74. The number of hydrogen-bond donors (Lipinski definition) is 1. The summed E-state index contributed by atoms with van der Waals surface area (Å²) < 4.78 is 2.12. The molecule has 1 atom stereocenters. The fourth-order valence-electron chi connectivity index (χ4n) is 2.57. The highest BCUT2D eigenvalue weighted by molar-refractivity contribution is 5.26. The van der Waals surface area contributed by atoms with Crippen molar-refractivity contribution in [3.05, 3.63) is 17.5 Å². The largest absolute Gasteiger partial charge is 0.324 e. The maximum absolute atomic E-state index is 6.18. The van der Waals surface area contributed by atoms with Crippen molar-refractivity contribution in [1.82, 2.24) is 9.78 Å². The van der Waals surface area contributed by atoms with Gasteiger partial charge in [0.1, 0.15) is 0 Å². The number of rotatable bonds is 1. The molecule has 0 aliphatic heterocycles. The topological polar surface area (TPSA) is 43.8 Å². The van der Waals surface area contributed by atoms with E-state index < -0.39 is 0 Å². The summed E-state index contributed by atoms with van der Waals surface area (Å²) >= 11 is 0. The Kier molecular flexibility index (Phi) is 2.38. The van der Waals surface area contributed by atoms with Gasteiger partial charge in [-0.05, 0) is 32.1 Å². The minimum absolute atomic E-state index is 0.163. The van der Waals surface area contributed by atoms with Crippen LogP contribution in [0.2, 0.25) is 0 Å². The Bertz CT molecular complexity index is 349. The van der Waals surface area contributed by atoms with Gasteiger partial charge in [-0.25, -0.2) is 0 Å². The maximum Gasteiger partial charge on any atom is 0.0540 e. The van der Waals surface area contributed by atoms with Gasteiger partial charge in [-0.1, -0.05) is 13.8 Å². The number of nitrogens with zero attached hydrogens (tertiary/aromatic N) is 2. The van der Waals surface area contributed by atoms with Crippen molar-refractivity contribution in [3.63, 3.8) is 0 Å². The van der Waals surface area contributed by atoms with Crippen LogP contribution in [0.5, 0.6) is 0 Å². The van der Waals surface area contributed by atoms with E-state index in [1.165, 1.54) is 11.3 Å². The molecule has 1 unspecified atom stereocenters. The molecule has 0 aromatic carbocycles. The van der Waals surface area contributed by atoms with Crippen LogP contribution in [0.25, 0.3) is 0 Å². The molecular weight excluding hydrogens is 186 g/mol. The molecule has 0 saturated carbocycles. The first kappa shape index (κ1) is 10.7. The van der Waals surface area contributed by atoms with Gasteiger partial charge >= 0.3 is 0 Å². The standard InChI is InChI=1S/C12H21N3/c1-8(2)15-11-6-12(3,4)5-10(13)9(11)7-14-15/h7-8,10H,5-6,13H2,1-4H3. The van der Waals surface area contributed by atoms with Gasteiger partial charge in [-0.2, -0.15) is 5.10 Å². The summed E-state index contributed by atoms with van der Waals surface area (Å²) in [5.74, 6) is 0. The second-order valence-corrected chi connectivity index (χ2v) is 5.74. The van der Waals surface area contributed by atoms with Crippen molar-refractivity contribution in [2.45, 2.75) is 52.6 Å². The summed E-state index contributed by atoms with van der Waals surface area (Å²) in [7, 11) is 0. The average Bonchev–Trinajstić information content (AvgIpc) is 2.45. The van der Waals surface area contributed by atoms with Crippen molar-refractivity contribution in [3.8, 4) is 0 Å². The smallest absolute Gasteiger partial charge is 0.0540 e. The van der Waals surface area contributed by atoms with Crippen molar-refractivity contribution in [2.24, 2.45) is 11.1 Å². The van der Waals surface area contributed by atoms with Gasteiger partial charge in [0.15, 0.2) is 0 Å². The molecule has 0 amide bonds. The molecule has 1 heterocycles. The molecule has 3 nitrogen and oxygen atoms in total. The lowest BCUT2D eigenvalue weighted by molar-refractivity contribution is 0.271. The van der Waals surface area contributed by atoms with E-state index in [1.54, 1.807) is 0 Å². The van der Waals surface area contributed by atoms with E-state index in [-0.39, 0.29) is 6.04 Å². The third-order valence-electron chi connectivity index (χ3n) is 3.24. The van der Waals surface area contributed by atoms with Crippen molar-refractivity contribution < 1.29 is 0 Å². The van der Waals surface area contributed by atoms with E-state index in [0.29, 0.717) is 11.5 Å². The minimum Gasteiger partial charge on any atom is -0.324 e. The van der Waals surface area contributed by atoms with Crippen molar-refractivity contribution in [2.75, 3.05) is 0 Å². The first-order valence-corrected chi connectivity index (χ1v) is 5.72. The summed E-state index contributed by atoms with van der Waals surface area (Å²) in [4.78, 5) is 0. The second kappa shape index (κ2) is 3.34. The number of hydrogen-bond acceptors (Lipinski definition) is 2. The quantitative estimate of drug-likeness (QED) is 0.768. The minimum atomic E-state index is 0.163. The Labute approximate surface area is 91.7 Å². The van der Waals surface area contributed by atoms with E-state index >= 15 is 0 Å². The van der Waals surface area contributed by atoms with Crippen LogP contribution in [0.1, 0.15) is 57.5 Å². The Balaban J connectivity index is 2.45. The summed E-state index contributed by atoms with van der Waals surface area (Å²) in [6.45, 7) is 8.90. The van der Waals surface area contributed by atoms with E-state index in [9.17, 15) is 0 Å². The first-order chi connectivity index (χ1) is 6.91. The normalized spacial score (nSPS) is 24.3. The summed E-state index contributed by atoms with van der Waals surface area (Å²) in [5.41, 5.74) is 9.08. The molecule has 1 aliphatic rings. The van der Waals surface area contributed by atoms with Crippen LogP contribution in [0.3, 0.4) is 0 Å². The molecule has 1 aromatic heterocycles. The molecule has 0 spiro atoms. The van der Waals surface area contributed by atoms with Crippen LogP contribution in [0.15, 0.2) is 6.20 Å². The van der Waals surface area contributed by atoms with Gasteiger partial charge in [-0.15, -0.1) is 0 Å². The Morgan fingerprint density at radius 1 is 1.53 bits per heavy atom. The SMILES string of the molecule is CC(C)n1ncc2c1CC(C)(C)CC2N. The zero-order valence-corrected chi connectivity index (χ0v) is 10.1. The predicted molar refractivity (Wildman–Crippen MR) is 61.6 cm³/mol. The molecule has 3 heteroatoms. The van der Waals surface area contributed by atoms with Crippen LogP contribution < -0.4 is 5.73 Å². The lowest BCUT2D eigenvalue weighted by atomic mass is 9.74. The van der Waals surface area contributed by atoms with Gasteiger partial charge in [0.25, 0.3) is 0 Å². The lowest BCUT2D eigenvalue weighted by Crippen LogP contribution is -2.30. The molecular formula is C12H21N3. The first-order valence-electron chi connectivity index (χ1n) is 5.72. The molecule has 84 valence electrons. The zero-order chi connectivity index (χ0) is 11.2. The van der Waals surface area contributed by atoms with E-state index in [4.69, 9.17) is 5.73 Å². The van der Waals surface area contributed by atoms with Gasteiger partial charge in [0.2, 0.25) is 0 Å². The van der Waals surface area contributed by atoms with E-state index in [0.717, 1.165) is 12.8 Å². The molecule has 2 N–H and O–H groups in total. The average molecular weight is 207 g/mol. The van der Waals surface area contributed by atoms with Crippen LogP contribution in [-0.2, 0) is 6.42 Å². The molecule has 0 saturated heterocycles. The molecule has 0 radical (unpaired) electrons. The Morgan fingerprint density at radius 2 is 2.20 bits per heavy atom. The number of fused-ring (bicyclic) bond motifs is 1. The lowest BCUT2D eigenvalue weighted by Gasteiger charge is -2.34. The highest BCUT2D eigenvalue weighted by atomic mass is 15.3. The fraction of sp³-hybridized carbons (Fsp3) is 0.750. The van der Waals surface area contributed by atoms with Gasteiger partial charge in [0.05, 0.1) is 6.20 Å². The maximum atomic E-state index is 6.18. The monoisotopic (exact) mass is 207 g/mol. The summed E-state index contributed by atoms with van der Waals surface area (Å²) in [6, 6.07) is 0.589. The van der Waals surface area contributed by atoms with Crippen LogP contribution in [0, 0.1) is 5.41 Å². The Hall–Kier alpha value is -0.830. The number of aromatic nitrogens is 2. The van der Waals surface area contributed by atoms with E-state index in [1.807, 2.05) is 6.20 Å². The predicted octanol–water partition coefficient (Wildman–Crippen LogP) is 2.44. The summed E-state index contributed by atoms with van der Waals surface area (Å²) in [5, 5.41) is 4.45. The van der Waals surface area contributed by atoms with Crippen LogP contribution >= 0.6 is 0 Å². The van der Waals surface area contributed by atoms with Crippen molar-refractivity contribution in [1.29, 1.82) is 0 Å². The highest BCUT2D eigenvalue weighted by Crippen LogP contribution is 2.39. The fourth-order valence-corrected chi connectivity index (χ4v) is 2.57. The van der Waals surface area contributed by atoms with Crippen LogP contribution in [0.4, 0.5) is 0 Å². The Morgan fingerprint density at radius 3 is 2.80 bits per heavy atom. The highest BCUT2D eigenvalue weighted by Gasteiger charge is 2.33. The van der Waals surface area contributed by atoms with Gasteiger partial charge in [0, 0.05) is 23.3 Å². The van der Waals surface area contributed by atoms with Gasteiger partial charge in [-0.3, -0.25) is 4.68 Å². The molecule has 0 bridgehead atoms. The number of nitrogens with two attached hydrogens (primary N) is 1. The van der Waals surface area contributed by atoms with Crippen LogP contribution in [-0.4, -0.2) is 9.78 Å². The van der Waals surface area contributed by atoms with Crippen molar-refractivity contribution >= 4 is 0 Å². The molecule has 2 rings (SSSR count). The third kappa shape index (κ3) is 1.81. The molecule has 15 heavy (non-hydrogen) atoms. The molecule has 1 aliphatic carbocycles. The molecule has 0 fully saturated rings. The third-order valence-corrected chi connectivity index (χ3v) is 3.24. The van der Waals surface area contributed by atoms with E-state index in [2.05, 4.69) is 37.5 Å².